The summed E-state index contributed by atoms with van der Waals surface area (Å²) in [5, 5.41) is 2.72. The standard InChI is InChI=1S/C15H13FN2O3/c16-14-8-11(3-4-17-14)15(19)18-9-10-1-2-12-13(7-10)21-6-5-20-12/h1-4,7-8H,5-6,9H2,(H,18,19). The monoisotopic (exact) mass is 288 g/mol. The summed E-state index contributed by atoms with van der Waals surface area (Å²) in [6.45, 7) is 1.37. The van der Waals surface area contributed by atoms with E-state index in [1.54, 1.807) is 0 Å². The third-order valence-electron chi connectivity index (χ3n) is 3.05. The number of hydrogen-bond donors (Lipinski definition) is 1. The van der Waals surface area contributed by atoms with Crippen LogP contribution in [-0.2, 0) is 6.54 Å². The van der Waals surface area contributed by atoms with Crippen molar-refractivity contribution >= 4 is 5.91 Å². The van der Waals surface area contributed by atoms with Gasteiger partial charge in [-0.05, 0) is 23.8 Å². The van der Waals surface area contributed by atoms with Gasteiger partial charge in [0.05, 0.1) is 0 Å². The molecule has 1 N–H and O–H groups in total. The lowest BCUT2D eigenvalue weighted by Crippen LogP contribution is -2.23. The number of nitrogens with one attached hydrogen (secondary N) is 1. The van der Waals surface area contributed by atoms with Gasteiger partial charge in [0.25, 0.3) is 5.91 Å². The van der Waals surface area contributed by atoms with Gasteiger partial charge >= 0.3 is 0 Å². The molecule has 6 heteroatoms. The minimum absolute atomic E-state index is 0.236. The molecule has 0 spiro atoms. The zero-order chi connectivity index (χ0) is 14.7. The molecule has 1 aliphatic rings. The number of nitrogens with zero attached hydrogens (tertiary/aromatic N) is 1. The van der Waals surface area contributed by atoms with Crippen LogP contribution in [0.25, 0.3) is 0 Å². The minimum atomic E-state index is -0.679. The van der Waals surface area contributed by atoms with Crippen LogP contribution in [0.3, 0.4) is 0 Å². The molecule has 5 nitrogen and oxygen atoms in total. The van der Waals surface area contributed by atoms with Gasteiger partial charge in [0, 0.05) is 24.4 Å². The minimum Gasteiger partial charge on any atom is -0.486 e. The van der Waals surface area contributed by atoms with E-state index in [0.717, 1.165) is 11.6 Å². The number of hydrogen-bond acceptors (Lipinski definition) is 4. The van der Waals surface area contributed by atoms with Gasteiger partial charge in [-0.3, -0.25) is 4.79 Å². The maximum atomic E-state index is 13.0. The Labute approximate surface area is 120 Å². The first-order valence-electron chi connectivity index (χ1n) is 6.51. The summed E-state index contributed by atoms with van der Waals surface area (Å²) in [7, 11) is 0. The lowest BCUT2D eigenvalue weighted by atomic mass is 10.2. The number of pyridine rings is 1. The smallest absolute Gasteiger partial charge is 0.251 e. The normalized spacial score (nSPS) is 12.8. The molecule has 1 aliphatic heterocycles. The summed E-state index contributed by atoms with van der Waals surface area (Å²) in [5.41, 5.74) is 1.11. The Balaban J connectivity index is 1.66. The lowest BCUT2D eigenvalue weighted by molar-refractivity contribution is 0.0950. The van der Waals surface area contributed by atoms with Crippen LogP contribution in [0.1, 0.15) is 15.9 Å². The SMILES string of the molecule is O=C(NCc1ccc2c(c1)OCCO2)c1ccnc(F)c1. The van der Waals surface area contributed by atoms with Gasteiger partial charge < -0.3 is 14.8 Å². The number of benzene rings is 1. The molecule has 108 valence electrons. The van der Waals surface area contributed by atoms with E-state index in [4.69, 9.17) is 9.47 Å². The average molecular weight is 288 g/mol. The number of rotatable bonds is 3. The molecule has 3 rings (SSSR count). The molecule has 0 atom stereocenters. The molecular formula is C15H13FN2O3. The van der Waals surface area contributed by atoms with Gasteiger partial charge in [-0.2, -0.15) is 4.39 Å². The van der Waals surface area contributed by atoms with Crippen LogP contribution in [0.5, 0.6) is 11.5 Å². The van der Waals surface area contributed by atoms with Gasteiger partial charge in [0.1, 0.15) is 13.2 Å². The summed E-state index contributed by atoms with van der Waals surface area (Å²) in [6.07, 6.45) is 1.26. The van der Waals surface area contributed by atoms with Crippen LogP contribution in [-0.4, -0.2) is 24.1 Å². The second kappa shape index (κ2) is 5.78. The first-order chi connectivity index (χ1) is 10.2. The summed E-state index contributed by atoms with van der Waals surface area (Å²) >= 11 is 0. The third kappa shape index (κ3) is 3.10. The summed E-state index contributed by atoms with van der Waals surface area (Å²) in [4.78, 5) is 15.3. The largest absolute Gasteiger partial charge is 0.486 e. The molecule has 0 fully saturated rings. The summed E-state index contributed by atoms with van der Waals surface area (Å²) in [6, 6.07) is 8.03. The number of fused-ring (bicyclic) bond motifs is 1. The van der Waals surface area contributed by atoms with E-state index in [1.165, 1.54) is 12.3 Å². The molecule has 0 saturated heterocycles. The molecule has 2 aromatic rings. The molecule has 2 heterocycles. The van der Waals surface area contributed by atoms with Crippen LogP contribution in [0, 0.1) is 5.95 Å². The number of amides is 1. The molecule has 0 saturated carbocycles. The van der Waals surface area contributed by atoms with E-state index in [-0.39, 0.29) is 11.5 Å². The Kier molecular flexibility index (Phi) is 3.68. The number of carbonyl (C=O) groups excluding carboxylic acids is 1. The highest BCUT2D eigenvalue weighted by Crippen LogP contribution is 2.30. The second-order valence-corrected chi connectivity index (χ2v) is 4.53. The van der Waals surface area contributed by atoms with Crippen molar-refractivity contribution in [2.75, 3.05) is 13.2 Å². The predicted molar refractivity (Wildman–Crippen MR) is 72.8 cm³/mol. The van der Waals surface area contributed by atoms with Crippen molar-refractivity contribution < 1.29 is 18.7 Å². The van der Waals surface area contributed by atoms with E-state index in [0.29, 0.717) is 31.3 Å². The molecule has 1 aromatic carbocycles. The Morgan fingerprint density at radius 1 is 1.19 bits per heavy atom. The van der Waals surface area contributed by atoms with Crippen LogP contribution in [0.15, 0.2) is 36.5 Å². The van der Waals surface area contributed by atoms with E-state index < -0.39 is 5.95 Å². The maximum absolute atomic E-state index is 13.0. The third-order valence-corrected chi connectivity index (χ3v) is 3.05. The van der Waals surface area contributed by atoms with Crippen LogP contribution in [0.2, 0.25) is 0 Å². The van der Waals surface area contributed by atoms with Crippen molar-refractivity contribution in [2.24, 2.45) is 0 Å². The predicted octanol–water partition coefficient (Wildman–Crippen LogP) is 1.92. The molecule has 1 aromatic heterocycles. The number of ether oxygens (including phenoxy) is 2. The number of carbonyl (C=O) groups is 1. The molecular weight excluding hydrogens is 275 g/mol. The van der Waals surface area contributed by atoms with Crippen LogP contribution < -0.4 is 14.8 Å². The summed E-state index contributed by atoms with van der Waals surface area (Å²) < 4.78 is 23.9. The fourth-order valence-electron chi connectivity index (χ4n) is 2.03. The topological polar surface area (TPSA) is 60.5 Å². The quantitative estimate of drug-likeness (QED) is 0.877. The molecule has 21 heavy (non-hydrogen) atoms. The zero-order valence-corrected chi connectivity index (χ0v) is 11.1. The Morgan fingerprint density at radius 2 is 2.00 bits per heavy atom. The highest BCUT2D eigenvalue weighted by molar-refractivity contribution is 5.93. The molecule has 1 amide bonds. The first-order valence-corrected chi connectivity index (χ1v) is 6.51. The molecule has 0 unspecified atom stereocenters. The number of aromatic nitrogens is 1. The van der Waals surface area contributed by atoms with Crippen molar-refractivity contribution in [1.29, 1.82) is 0 Å². The second-order valence-electron chi connectivity index (χ2n) is 4.53. The number of halogens is 1. The van der Waals surface area contributed by atoms with Crippen molar-refractivity contribution in [2.45, 2.75) is 6.54 Å². The Bertz CT molecular complexity index is 676. The Hall–Kier alpha value is -2.63. The van der Waals surface area contributed by atoms with E-state index in [1.807, 2.05) is 18.2 Å². The highest BCUT2D eigenvalue weighted by atomic mass is 19.1. The van der Waals surface area contributed by atoms with Crippen LogP contribution >= 0.6 is 0 Å². The molecule has 0 bridgehead atoms. The van der Waals surface area contributed by atoms with Gasteiger partial charge in [-0.25, -0.2) is 4.98 Å². The first kappa shape index (κ1) is 13.4. The fourth-order valence-corrected chi connectivity index (χ4v) is 2.03. The zero-order valence-electron chi connectivity index (χ0n) is 11.1. The molecule has 0 radical (unpaired) electrons. The van der Waals surface area contributed by atoms with Gasteiger partial charge in [-0.1, -0.05) is 6.07 Å². The summed E-state index contributed by atoms with van der Waals surface area (Å²) in [5.74, 6) is 0.337. The highest BCUT2D eigenvalue weighted by Gasteiger charge is 2.12. The Morgan fingerprint density at radius 3 is 2.81 bits per heavy atom. The van der Waals surface area contributed by atoms with Crippen molar-refractivity contribution in [3.05, 3.63) is 53.6 Å². The van der Waals surface area contributed by atoms with Gasteiger partial charge in [-0.15, -0.1) is 0 Å². The fraction of sp³-hybridized carbons (Fsp3) is 0.200. The van der Waals surface area contributed by atoms with E-state index >= 15 is 0 Å². The molecule has 0 aliphatic carbocycles. The van der Waals surface area contributed by atoms with Crippen molar-refractivity contribution in [3.63, 3.8) is 0 Å². The maximum Gasteiger partial charge on any atom is 0.251 e. The van der Waals surface area contributed by atoms with Gasteiger partial charge in [0.2, 0.25) is 5.95 Å². The average Bonchev–Trinajstić information content (AvgIpc) is 2.52. The van der Waals surface area contributed by atoms with Gasteiger partial charge in [0.15, 0.2) is 11.5 Å². The van der Waals surface area contributed by atoms with E-state index in [9.17, 15) is 9.18 Å². The van der Waals surface area contributed by atoms with Crippen molar-refractivity contribution in [3.8, 4) is 11.5 Å². The van der Waals surface area contributed by atoms with Crippen LogP contribution in [0.4, 0.5) is 4.39 Å². The van der Waals surface area contributed by atoms with E-state index in [2.05, 4.69) is 10.3 Å². The lowest BCUT2D eigenvalue weighted by Gasteiger charge is -2.19. The van der Waals surface area contributed by atoms with Crippen molar-refractivity contribution in [1.82, 2.24) is 10.3 Å².